The molecule has 3 rings (SSSR count). The van der Waals surface area contributed by atoms with Gasteiger partial charge in [0.05, 0.1) is 22.8 Å². The van der Waals surface area contributed by atoms with Gasteiger partial charge in [0.15, 0.2) is 0 Å². The predicted octanol–water partition coefficient (Wildman–Crippen LogP) is 2.66. The van der Waals surface area contributed by atoms with Crippen LogP contribution in [0.4, 0.5) is 5.82 Å². The molecule has 0 aliphatic carbocycles. The van der Waals surface area contributed by atoms with Gasteiger partial charge in [-0.1, -0.05) is 17.7 Å². The molecule has 0 bridgehead atoms. The van der Waals surface area contributed by atoms with Gasteiger partial charge in [-0.3, -0.25) is 14.6 Å². The average molecular weight is 384 g/mol. The van der Waals surface area contributed by atoms with Crippen LogP contribution < -0.4 is 10.6 Å². The van der Waals surface area contributed by atoms with Gasteiger partial charge < -0.3 is 10.6 Å². The van der Waals surface area contributed by atoms with E-state index in [0.717, 1.165) is 11.3 Å². The van der Waals surface area contributed by atoms with Gasteiger partial charge in [0.2, 0.25) is 0 Å². The molecule has 9 heteroatoms. The van der Waals surface area contributed by atoms with Crippen LogP contribution in [0.15, 0.2) is 36.5 Å². The van der Waals surface area contributed by atoms with E-state index in [-0.39, 0.29) is 11.9 Å². The molecule has 1 aromatic carbocycles. The molecule has 0 aliphatic heterocycles. The highest BCUT2D eigenvalue weighted by atomic mass is 35.5. The van der Waals surface area contributed by atoms with Crippen LogP contribution in [0.2, 0.25) is 5.02 Å². The molecule has 2 aromatic heterocycles. The second-order valence-electron chi connectivity index (χ2n) is 6.02. The second-order valence-corrected chi connectivity index (χ2v) is 6.43. The summed E-state index contributed by atoms with van der Waals surface area (Å²) in [5.74, 6) is 0.369. The third-order valence-electron chi connectivity index (χ3n) is 3.94. The van der Waals surface area contributed by atoms with Crippen LogP contribution in [0.5, 0.6) is 0 Å². The molecule has 0 fully saturated rings. The number of hydrogen-bond acceptors (Lipinski definition) is 5. The summed E-state index contributed by atoms with van der Waals surface area (Å²) in [7, 11) is 1.73. The van der Waals surface area contributed by atoms with E-state index in [4.69, 9.17) is 16.9 Å². The number of aromatic amines is 1. The average Bonchev–Trinajstić information content (AvgIpc) is 3.30. The Labute approximate surface area is 161 Å². The van der Waals surface area contributed by atoms with Crippen molar-refractivity contribution in [3.8, 4) is 17.3 Å². The molecule has 0 aliphatic rings. The summed E-state index contributed by atoms with van der Waals surface area (Å²) in [5.41, 5.74) is 2.38. The Bertz CT molecular complexity index is 1000. The van der Waals surface area contributed by atoms with Gasteiger partial charge in [-0.25, -0.2) is 0 Å². The number of carbonyl (C=O) groups excluding carboxylic acids is 1. The first-order chi connectivity index (χ1) is 13.0. The number of carbonyl (C=O) groups is 1. The summed E-state index contributed by atoms with van der Waals surface area (Å²) in [6.45, 7) is 2.40. The second kappa shape index (κ2) is 7.93. The Kier molecular flexibility index (Phi) is 5.43. The molecular formula is C18H18ClN7O. The zero-order valence-corrected chi connectivity index (χ0v) is 15.6. The fourth-order valence-electron chi connectivity index (χ4n) is 2.58. The summed E-state index contributed by atoms with van der Waals surface area (Å²) in [5, 5.41) is 26.3. The molecule has 1 amide bonds. The SMILES string of the molecule is CNc1cc(C(=O)N[C@@H](C)Cn2ccc(-c3ccc(C#N)c(Cl)c3)n2)[nH]n1. The number of hydrogen-bond donors (Lipinski definition) is 3. The van der Waals surface area contributed by atoms with Crippen LogP contribution in [-0.2, 0) is 6.54 Å². The van der Waals surface area contributed by atoms with Crippen molar-refractivity contribution < 1.29 is 4.79 Å². The van der Waals surface area contributed by atoms with Crippen molar-refractivity contribution in [1.29, 1.82) is 5.26 Å². The molecule has 1 atom stereocenters. The van der Waals surface area contributed by atoms with E-state index >= 15 is 0 Å². The van der Waals surface area contributed by atoms with Crippen molar-refractivity contribution in [2.75, 3.05) is 12.4 Å². The number of rotatable bonds is 6. The van der Waals surface area contributed by atoms with Crippen LogP contribution >= 0.6 is 11.6 Å². The van der Waals surface area contributed by atoms with E-state index in [1.54, 1.807) is 36.0 Å². The molecule has 0 saturated carbocycles. The largest absolute Gasteiger partial charge is 0.372 e. The number of nitriles is 1. The van der Waals surface area contributed by atoms with E-state index in [9.17, 15) is 4.79 Å². The van der Waals surface area contributed by atoms with E-state index in [1.807, 2.05) is 25.3 Å². The standard InChI is InChI=1S/C18H18ClN7O/c1-11(22-18(27)16-8-17(21-2)24-23-16)10-26-6-5-15(25-26)12-3-4-13(9-20)14(19)7-12/h3-8,11H,10H2,1-2H3,(H,22,27)(H2,21,23,24)/t11-/m0/s1. The summed E-state index contributed by atoms with van der Waals surface area (Å²) >= 11 is 6.08. The maximum absolute atomic E-state index is 12.2. The van der Waals surface area contributed by atoms with E-state index in [1.165, 1.54) is 0 Å². The molecule has 0 radical (unpaired) electrons. The van der Waals surface area contributed by atoms with E-state index < -0.39 is 0 Å². The molecule has 27 heavy (non-hydrogen) atoms. The number of nitrogens with one attached hydrogen (secondary N) is 3. The van der Waals surface area contributed by atoms with E-state index in [0.29, 0.717) is 28.6 Å². The number of benzene rings is 1. The smallest absolute Gasteiger partial charge is 0.269 e. The zero-order valence-electron chi connectivity index (χ0n) is 14.8. The molecular weight excluding hydrogens is 366 g/mol. The number of aromatic nitrogens is 4. The summed E-state index contributed by atoms with van der Waals surface area (Å²) < 4.78 is 1.75. The van der Waals surface area contributed by atoms with Gasteiger partial charge in [0.1, 0.15) is 17.6 Å². The molecule has 0 spiro atoms. The first-order valence-corrected chi connectivity index (χ1v) is 8.65. The third kappa shape index (κ3) is 4.27. The van der Waals surface area contributed by atoms with Crippen molar-refractivity contribution >= 4 is 23.3 Å². The van der Waals surface area contributed by atoms with Crippen LogP contribution in [0.25, 0.3) is 11.3 Å². The molecule has 3 N–H and O–H groups in total. The number of anilines is 1. The minimum absolute atomic E-state index is 0.142. The van der Waals surface area contributed by atoms with Crippen molar-refractivity contribution in [2.24, 2.45) is 0 Å². The van der Waals surface area contributed by atoms with Crippen molar-refractivity contribution in [3.63, 3.8) is 0 Å². The molecule has 0 unspecified atom stereocenters. The quantitative estimate of drug-likeness (QED) is 0.605. The summed E-state index contributed by atoms with van der Waals surface area (Å²) in [6, 6.07) is 10.6. The fraction of sp³-hybridized carbons (Fsp3) is 0.222. The number of H-pyrrole nitrogens is 1. The highest BCUT2D eigenvalue weighted by molar-refractivity contribution is 6.32. The fourth-order valence-corrected chi connectivity index (χ4v) is 2.80. The molecule has 3 aromatic rings. The maximum atomic E-state index is 12.2. The van der Waals surface area contributed by atoms with Gasteiger partial charge in [-0.15, -0.1) is 0 Å². The third-order valence-corrected chi connectivity index (χ3v) is 4.26. The van der Waals surface area contributed by atoms with Crippen molar-refractivity contribution in [3.05, 3.63) is 52.8 Å². The maximum Gasteiger partial charge on any atom is 0.269 e. The monoisotopic (exact) mass is 383 g/mol. The Morgan fingerprint density at radius 3 is 2.89 bits per heavy atom. The van der Waals surface area contributed by atoms with Gasteiger partial charge in [0.25, 0.3) is 5.91 Å². The predicted molar refractivity (Wildman–Crippen MR) is 102 cm³/mol. The lowest BCUT2D eigenvalue weighted by molar-refractivity contribution is 0.0931. The van der Waals surface area contributed by atoms with Crippen LogP contribution in [0.1, 0.15) is 23.0 Å². The van der Waals surface area contributed by atoms with Gasteiger partial charge in [-0.05, 0) is 25.1 Å². The molecule has 138 valence electrons. The van der Waals surface area contributed by atoms with Gasteiger partial charge >= 0.3 is 0 Å². The number of halogens is 1. The number of nitrogens with zero attached hydrogens (tertiary/aromatic N) is 4. The summed E-state index contributed by atoms with van der Waals surface area (Å²) in [4.78, 5) is 12.2. The van der Waals surface area contributed by atoms with Crippen LogP contribution in [0, 0.1) is 11.3 Å². The molecule has 0 saturated heterocycles. The Balaban J connectivity index is 1.64. The number of amides is 1. The molecule has 8 nitrogen and oxygen atoms in total. The Hall–Kier alpha value is -3.31. The topological polar surface area (TPSA) is 111 Å². The minimum atomic E-state index is -0.234. The Morgan fingerprint density at radius 1 is 1.41 bits per heavy atom. The zero-order chi connectivity index (χ0) is 19.4. The lowest BCUT2D eigenvalue weighted by Gasteiger charge is -2.13. The van der Waals surface area contributed by atoms with Gasteiger partial charge in [0, 0.05) is 30.9 Å². The Morgan fingerprint density at radius 2 is 2.22 bits per heavy atom. The van der Waals surface area contributed by atoms with E-state index in [2.05, 4.69) is 25.9 Å². The normalized spacial score (nSPS) is 11.6. The highest BCUT2D eigenvalue weighted by Gasteiger charge is 2.14. The first kappa shape index (κ1) is 18.5. The van der Waals surface area contributed by atoms with Gasteiger partial charge in [-0.2, -0.15) is 15.5 Å². The first-order valence-electron chi connectivity index (χ1n) is 8.27. The van der Waals surface area contributed by atoms with Crippen LogP contribution in [0.3, 0.4) is 0 Å². The lowest BCUT2D eigenvalue weighted by atomic mass is 10.1. The lowest BCUT2D eigenvalue weighted by Crippen LogP contribution is -2.36. The highest BCUT2D eigenvalue weighted by Crippen LogP contribution is 2.24. The summed E-state index contributed by atoms with van der Waals surface area (Å²) in [6.07, 6.45) is 1.83. The minimum Gasteiger partial charge on any atom is -0.372 e. The van der Waals surface area contributed by atoms with Crippen LogP contribution in [-0.4, -0.2) is 39.0 Å². The molecule has 2 heterocycles. The van der Waals surface area contributed by atoms with Crippen molar-refractivity contribution in [1.82, 2.24) is 25.3 Å². The van der Waals surface area contributed by atoms with Crippen molar-refractivity contribution in [2.45, 2.75) is 19.5 Å².